The van der Waals surface area contributed by atoms with Gasteiger partial charge in [-0.25, -0.2) is 0 Å². The van der Waals surface area contributed by atoms with Crippen LogP contribution in [0, 0.1) is 0 Å². The smallest absolute Gasteiger partial charge is 0.176 e. The van der Waals surface area contributed by atoms with Crippen LogP contribution in [0.3, 0.4) is 0 Å². The lowest BCUT2D eigenvalue weighted by Crippen LogP contribution is -2.09. The Morgan fingerprint density at radius 3 is 2.86 bits per heavy atom. The Morgan fingerprint density at radius 1 is 1.36 bits per heavy atom. The molecule has 0 fully saturated rings. The van der Waals surface area contributed by atoms with Crippen LogP contribution in [0.25, 0.3) is 10.9 Å². The molecule has 14 heavy (non-hydrogen) atoms. The molecule has 0 amide bonds. The molecule has 72 valence electrons. The van der Waals surface area contributed by atoms with Crippen molar-refractivity contribution in [3.05, 3.63) is 27.8 Å². The zero-order valence-corrected chi connectivity index (χ0v) is 9.30. The molecule has 0 unspecified atom stereocenters. The van der Waals surface area contributed by atoms with Crippen molar-refractivity contribution in [2.24, 2.45) is 5.84 Å². The third-order valence-electron chi connectivity index (χ3n) is 1.82. The van der Waals surface area contributed by atoms with Crippen LogP contribution < -0.4 is 11.3 Å². The molecule has 1 aromatic carbocycles. The Morgan fingerprint density at radius 2 is 2.14 bits per heavy atom. The zero-order valence-electron chi connectivity index (χ0n) is 6.96. The number of nitrogens with zero attached hydrogens (tertiary/aromatic N) is 2. The van der Waals surface area contributed by atoms with Crippen molar-refractivity contribution < 1.29 is 0 Å². The summed E-state index contributed by atoms with van der Waals surface area (Å²) in [4.78, 5) is 0. The van der Waals surface area contributed by atoms with Crippen LogP contribution in [0.15, 0.2) is 22.7 Å². The van der Waals surface area contributed by atoms with E-state index in [1.807, 2.05) is 18.2 Å². The largest absolute Gasteiger partial charge is 0.321 e. The van der Waals surface area contributed by atoms with E-state index in [-0.39, 0.29) is 5.15 Å². The quantitative estimate of drug-likeness (QED) is 0.618. The third-order valence-corrected chi connectivity index (χ3v) is 2.58. The molecule has 0 aliphatic carbocycles. The van der Waals surface area contributed by atoms with E-state index in [4.69, 9.17) is 17.4 Å². The maximum Gasteiger partial charge on any atom is 0.176 e. The van der Waals surface area contributed by atoms with E-state index in [0.717, 1.165) is 15.4 Å². The summed E-state index contributed by atoms with van der Waals surface area (Å²) in [5, 5.41) is 8.79. The molecule has 0 aliphatic rings. The number of hydrogen-bond acceptors (Lipinski definition) is 4. The van der Waals surface area contributed by atoms with Crippen LogP contribution in [-0.4, -0.2) is 10.2 Å². The number of nitrogens with two attached hydrogens (primary N) is 1. The molecule has 2 rings (SSSR count). The van der Waals surface area contributed by atoms with E-state index in [2.05, 4.69) is 31.6 Å². The topological polar surface area (TPSA) is 63.8 Å². The molecule has 2 aromatic rings. The van der Waals surface area contributed by atoms with Crippen LogP contribution in [0.2, 0.25) is 5.15 Å². The van der Waals surface area contributed by atoms with Crippen molar-refractivity contribution in [1.82, 2.24) is 10.2 Å². The second kappa shape index (κ2) is 3.68. The van der Waals surface area contributed by atoms with Gasteiger partial charge in [0.1, 0.15) is 0 Å². The molecule has 0 saturated carbocycles. The molecule has 0 bridgehead atoms. The summed E-state index contributed by atoms with van der Waals surface area (Å²) >= 11 is 9.18. The SMILES string of the molecule is NNc1c(Cl)nnc2ccc(Br)cc12. The number of benzene rings is 1. The summed E-state index contributed by atoms with van der Waals surface area (Å²) < 4.78 is 0.936. The van der Waals surface area contributed by atoms with E-state index in [1.165, 1.54) is 0 Å². The van der Waals surface area contributed by atoms with Crippen LogP contribution in [0.1, 0.15) is 0 Å². The van der Waals surface area contributed by atoms with Crippen molar-refractivity contribution in [2.45, 2.75) is 0 Å². The monoisotopic (exact) mass is 272 g/mol. The van der Waals surface area contributed by atoms with Crippen LogP contribution in [0.4, 0.5) is 5.69 Å². The van der Waals surface area contributed by atoms with E-state index in [1.54, 1.807) is 0 Å². The third kappa shape index (κ3) is 1.54. The lowest BCUT2D eigenvalue weighted by Gasteiger charge is -2.05. The molecule has 3 N–H and O–H groups in total. The summed E-state index contributed by atoms with van der Waals surface area (Å²) in [5.41, 5.74) is 3.83. The Kier molecular flexibility index (Phi) is 2.54. The fourth-order valence-corrected chi connectivity index (χ4v) is 1.75. The Hall–Kier alpha value is -0.910. The van der Waals surface area contributed by atoms with Gasteiger partial charge >= 0.3 is 0 Å². The van der Waals surface area contributed by atoms with Crippen molar-refractivity contribution in [3.63, 3.8) is 0 Å². The molecule has 0 radical (unpaired) electrons. The van der Waals surface area contributed by atoms with Gasteiger partial charge in [-0.1, -0.05) is 27.5 Å². The second-order valence-corrected chi connectivity index (χ2v) is 3.95. The first-order valence-electron chi connectivity index (χ1n) is 3.80. The minimum Gasteiger partial charge on any atom is -0.321 e. The molecule has 0 spiro atoms. The molecule has 0 aliphatic heterocycles. The number of rotatable bonds is 1. The fraction of sp³-hybridized carbons (Fsp3) is 0. The molecule has 4 nitrogen and oxygen atoms in total. The van der Waals surface area contributed by atoms with Gasteiger partial charge < -0.3 is 5.43 Å². The number of hydrogen-bond donors (Lipinski definition) is 2. The van der Waals surface area contributed by atoms with Crippen molar-refractivity contribution in [3.8, 4) is 0 Å². The number of fused-ring (bicyclic) bond motifs is 1. The summed E-state index contributed by atoms with van der Waals surface area (Å²) in [7, 11) is 0. The highest BCUT2D eigenvalue weighted by molar-refractivity contribution is 9.10. The van der Waals surface area contributed by atoms with Gasteiger partial charge in [0.25, 0.3) is 0 Å². The number of nitrogen functional groups attached to an aromatic ring is 1. The lowest BCUT2D eigenvalue weighted by molar-refractivity contribution is 1.07. The Bertz CT molecular complexity index is 483. The first kappa shape index (κ1) is 9.64. The standard InChI is InChI=1S/C8H6BrClN4/c9-4-1-2-6-5(3-4)7(12-11)8(10)14-13-6/h1-3H,11H2,(H,12,13). The molecule has 0 atom stereocenters. The molecular weight excluding hydrogens is 267 g/mol. The minimum absolute atomic E-state index is 0.262. The molecule has 1 aromatic heterocycles. The number of anilines is 1. The lowest BCUT2D eigenvalue weighted by atomic mass is 10.2. The van der Waals surface area contributed by atoms with Gasteiger partial charge in [-0.05, 0) is 18.2 Å². The number of hydrazine groups is 1. The maximum atomic E-state index is 5.82. The first-order chi connectivity index (χ1) is 6.72. The number of halogens is 2. The predicted molar refractivity (Wildman–Crippen MR) is 60.1 cm³/mol. The average Bonchev–Trinajstić information content (AvgIpc) is 2.17. The van der Waals surface area contributed by atoms with E-state index in [0.29, 0.717) is 5.69 Å². The molecule has 0 saturated heterocycles. The maximum absolute atomic E-state index is 5.82. The summed E-state index contributed by atoms with van der Waals surface area (Å²) in [6, 6.07) is 5.60. The predicted octanol–water partition coefficient (Wildman–Crippen LogP) is 2.33. The molecule has 1 heterocycles. The van der Waals surface area contributed by atoms with Gasteiger partial charge in [-0.15, -0.1) is 10.2 Å². The van der Waals surface area contributed by atoms with Gasteiger partial charge in [0.05, 0.1) is 11.2 Å². The number of nitrogens with one attached hydrogen (secondary N) is 1. The normalized spacial score (nSPS) is 10.5. The first-order valence-corrected chi connectivity index (χ1v) is 4.97. The van der Waals surface area contributed by atoms with Crippen LogP contribution in [0.5, 0.6) is 0 Å². The van der Waals surface area contributed by atoms with Gasteiger partial charge in [-0.2, -0.15) is 0 Å². The highest BCUT2D eigenvalue weighted by Gasteiger charge is 2.07. The molecule has 6 heteroatoms. The highest BCUT2D eigenvalue weighted by Crippen LogP contribution is 2.28. The summed E-state index contributed by atoms with van der Waals surface area (Å²) in [5.74, 6) is 5.35. The van der Waals surface area contributed by atoms with E-state index in [9.17, 15) is 0 Å². The zero-order chi connectivity index (χ0) is 10.1. The highest BCUT2D eigenvalue weighted by atomic mass is 79.9. The average molecular weight is 274 g/mol. The Balaban J connectivity index is 2.84. The van der Waals surface area contributed by atoms with Crippen LogP contribution in [-0.2, 0) is 0 Å². The minimum atomic E-state index is 0.262. The van der Waals surface area contributed by atoms with Gasteiger partial charge in [0, 0.05) is 9.86 Å². The fourth-order valence-electron chi connectivity index (χ4n) is 1.19. The van der Waals surface area contributed by atoms with Crippen molar-refractivity contribution in [2.75, 3.05) is 5.43 Å². The van der Waals surface area contributed by atoms with Gasteiger partial charge in [-0.3, -0.25) is 5.84 Å². The van der Waals surface area contributed by atoms with Gasteiger partial charge in [0.15, 0.2) is 5.15 Å². The van der Waals surface area contributed by atoms with E-state index < -0.39 is 0 Å². The summed E-state index contributed by atoms with van der Waals surface area (Å²) in [6.45, 7) is 0. The second-order valence-electron chi connectivity index (χ2n) is 2.67. The Labute approximate surface area is 93.6 Å². The molecular formula is C8H6BrClN4. The van der Waals surface area contributed by atoms with E-state index >= 15 is 0 Å². The van der Waals surface area contributed by atoms with Crippen molar-refractivity contribution >= 4 is 44.1 Å². The number of aromatic nitrogens is 2. The van der Waals surface area contributed by atoms with Gasteiger partial charge in [0.2, 0.25) is 0 Å². The van der Waals surface area contributed by atoms with Crippen LogP contribution >= 0.6 is 27.5 Å². The van der Waals surface area contributed by atoms with Crippen molar-refractivity contribution in [1.29, 1.82) is 0 Å². The summed E-state index contributed by atoms with van der Waals surface area (Å²) in [6.07, 6.45) is 0.